The Balaban J connectivity index is 0.00000314. The first kappa shape index (κ1) is 28.7. The maximum absolute atomic E-state index is 6.50. The number of para-hydroxylation sites is 2. The van der Waals surface area contributed by atoms with Gasteiger partial charge in [-0.05, 0) is 35.2 Å². The molecule has 0 fully saturated rings. The average molecular weight is 802 g/mol. The first-order chi connectivity index (χ1) is 23.1. The fraction of sp³-hybridized carbons (Fsp3) is 0.0732. The van der Waals surface area contributed by atoms with Crippen molar-refractivity contribution in [2.24, 2.45) is 0 Å². The molecule has 0 spiro atoms. The van der Waals surface area contributed by atoms with Gasteiger partial charge in [0.2, 0.25) is 0 Å². The molecule has 0 saturated carbocycles. The number of rotatable bonds is 3. The van der Waals surface area contributed by atoms with Crippen molar-refractivity contribution < 1.29 is 30.2 Å². The molecule has 0 amide bonds. The van der Waals surface area contributed by atoms with E-state index in [2.05, 4.69) is 101 Å². The van der Waals surface area contributed by atoms with Gasteiger partial charge >= 0.3 is 21.1 Å². The van der Waals surface area contributed by atoms with Crippen LogP contribution >= 0.6 is 0 Å². The van der Waals surface area contributed by atoms with E-state index in [-0.39, 0.29) is 26.5 Å². The van der Waals surface area contributed by atoms with E-state index in [1.807, 2.05) is 61.1 Å². The molecule has 0 unspecified atom stereocenters. The molecule has 5 heterocycles. The Labute approximate surface area is 290 Å². The summed E-state index contributed by atoms with van der Waals surface area (Å²) in [6.07, 6.45) is 5.66. The first-order valence-corrected chi connectivity index (χ1v) is 15.7. The molecule has 7 heteroatoms. The van der Waals surface area contributed by atoms with E-state index in [4.69, 9.17) is 14.1 Å². The number of hydrogen-bond donors (Lipinski definition) is 0. The summed E-state index contributed by atoms with van der Waals surface area (Å²) in [6, 6.07) is 42.1. The number of ether oxygens (including phenoxy) is 1. The Morgan fingerprint density at radius 3 is 2.44 bits per heavy atom. The van der Waals surface area contributed by atoms with Crippen molar-refractivity contribution in [3.8, 4) is 11.5 Å². The van der Waals surface area contributed by atoms with Crippen LogP contribution in [0.25, 0.3) is 49.3 Å². The molecule has 0 atom stereocenters. The summed E-state index contributed by atoms with van der Waals surface area (Å²) in [6.45, 7) is 4.52. The zero-order valence-corrected chi connectivity index (χ0v) is 28.2. The van der Waals surface area contributed by atoms with Gasteiger partial charge in [0.1, 0.15) is 17.0 Å². The molecule has 0 aliphatic carbocycles. The number of fused-ring (bicyclic) bond motifs is 12. The summed E-state index contributed by atoms with van der Waals surface area (Å²) in [7, 11) is 0. The summed E-state index contributed by atoms with van der Waals surface area (Å²) in [5.41, 5.74) is 7.53. The molecule has 4 aromatic heterocycles. The number of furan rings is 1. The van der Waals surface area contributed by atoms with Gasteiger partial charge in [-0.2, -0.15) is 6.07 Å². The Kier molecular flexibility index (Phi) is 6.31. The zero-order valence-electron chi connectivity index (χ0n) is 26.0. The summed E-state index contributed by atoms with van der Waals surface area (Å²) in [5.74, 6) is 2.03. The molecular weight excluding hydrogens is 776 g/mol. The van der Waals surface area contributed by atoms with Gasteiger partial charge in [-0.1, -0.05) is 84.9 Å². The van der Waals surface area contributed by atoms with Crippen LogP contribution in [-0.4, -0.2) is 14.4 Å². The monoisotopic (exact) mass is 801 g/mol. The molecule has 232 valence electrons. The molecule has 0 bridgehead atoms. The smallest absolute Gasteiger partial charge is 0.503 e. The molecule has 1 aliphatic rings. The van der Waals surface area contributed by atoms with Gasteiger partial charge in [-0.15, -0.1) is 30.3 Å². The number of nitrogens with zero attached hydrogens (tertiary/aromatic N) is 4. The van der Waals surface area contributed by atoms with E-state index in [1.165, 1.54) is 5.56 Å². The molecule has 0 saturated heterocycles. The predicted octanol–water partition coefficient (Wildman–Crippen LogP) is 10.4. The largest absolute Gasteiger partial charge is 2.00 e. The SMILES string of the molecule is CC1(C)c2cccnc2N(c2[c-]c(Oc3[c-]c4c(cc3)c3ccccc3n3ccnc43)ccc2)c2c1ccc1oc3ccccc3c21.[Pt+2]. The van der Waals surface area contributed by atoms with Gasteiger partial charge in [0.05, 0.1) is 16.7 Å². The van der Waals surface area contributed by atoms with E-state index in [1.54, 1.807) is 0 Å². The molecule has 9 aromatic rings. The van der Waals surface area contributed by atoms with Crippen molar-refractivity contribution in [1.29, 1.82) is 0 Å². The number of anilines is 3. The third kappa shape index (κ3) is 4.02. The van der Waals surface area contributed by atoms with Crippen LogP contribution in [0, 0.1) is 12.1 Å². The molecule has 0 radical (unpaired) electrons. The van der Waals surface area contributed by atoms with E-state index < -0.39 is 0 Å². The van der Waals surface area contributed by atoms with Crippen molar-refractivity contribution in [2.45, 2.75) is 19.3 Å². The van der Waals surface area contributed by atoms with Crippen LogP contribution in [0.3, 0.4) is 0 Å². The summed E-state index contributed by atoms with van der Waals surface area (Å²) < 4.78 is 15.0. The Morgan fingerprint density at radius 2 is 1.52 bits per heavy atom. The number of hydrogen-bond acceptors (Lipinski definition) is 5. The maximum Gasteiger partial charge on any atom is 2.00 e. The normalized spacial score (nSPS) is 13.6. The van der Waals surface area contributed by atoms with Gasteiger partial charge in [0.15, 0.2) is 0 Å². The second kappa shape index (κ2) is 10.5. The van der Waals surface area contributed by atoms with Gasteiger partial charge in [-0.25, -0.2) is 4.98 Å². The Morgan fingerprint density at radius 1 is 0.688 bits per heavy atom. The molecule has 10 rings (SSSR count). The van der Waals surface area contributed by atoms with Crippen molar-refractivity contribution in [3.63, 3.8) is 0 Å². The second-order valence-corrected chi connectivity index (χ2v) is 12.5. The third-order valence-corrected chi connectivity index (χ3v) is 9.54. The Hall–Kier alpha value is -5.45. The average Bonchev–Trinajstić information content (AvgIpc) is 3.75. The van der Waals surface area contributed by atoms with Crippen molar-refractivity contribution >= 4 is 66.5 Å². The zero-order chi connectivity index (χ0) is 31.3. The van der Waals surface area contributed by atoms with Gasteiger partial charge < -0.3 is 18.5 Å². The quantitative estimate of drug-likeness (QED) is 0.132. The van der Waals surface area contributed by atoms with Crippen LogP contribution in [0.15, 0.2) is 126 Å². The fourth-order valence-corrected chi connectivity index (χ4v) is 7.36. The molecule has 48 heavy (non-hydrogen) atoms. The van der Waals surface area contributed by atoms with Crippen LogP contribution < -0.4 is 9.64 Å². The summed E-state index contributed by atoms with van der Waals surface area (Å²) in [4.78, 5) is 11.8. The van der Waals surface area contributed by atoms with Crippen LogP contribution in [0.2, 0.25) is 0 Å². The number of benzene rings is 5. The number of imidazole rings is 1. The third-order valence-electron chi connectivity index (χ3n) is 9.54. The van der Waals surface area contributed by atoms with Crippen molar-refractivity contribution in [2.75, 3.05) is 4.90 Å². The Bertz CT molecular complexity index is 2730. The molecule has 5 aromatic carbocycles. The minimum Gasteiger partial charge on any atom is -0.503 e. The minimum absolute atomic E-state index is 0. The summed E-state index contributed by atoms with van der Waals surface area (Å²) >= 11 is 0. The van der Waals surface area contributed by atoms with Crippen LogP contribution in [0.4, 0.5) is 17.2 Å². The van der Waals surface area contributed by atoms with Crippen LogP contribution in [0.1, 0.15) is 25.0 Å². The molecule has 1 aliphatic heterocycles. The second-order valence-electron chi connectivity index (χ2n) is 12.5. The standard InChI is InChI=1S/C41H26N4O2.Pt/c1-41(2)32-18-19-36-37(30-12-4-6-15-35(30)47-36)38(32)45(40-33(41)13-8-20-42-40)25-9-7-10-26(23-25)46-27-16-17-28-29-11-3-5-14-34(29)44-22-21-43-39(44)31(28)24-27;/h3-22H,1-2H3;/q-2;+2. The minimum atomic E-state index is -0.293. The van der Waals surface area contributed by atoms with Crippen molar-refractivity contribution in [1.82, 2.24) is 14.4 Å². The van der Waals surface area contributed by atoms with Gasteiger partial charge in [0.25, 0.3) is 0 Å². The van der Waals surface area contributed by atoms with E-state index in [0.717, 1.165) is 72.0 Å². The topological polar surface area (TPSA) is 55.8 Å². The molecule has 0 N–H and O–H groups in total. The maximum atomic E-state index is 6.50. The summed E-state index contributed by atoms with van der Waals surface area (Å²) in [5, 5.41) is 5.25. The predicted molar refractivity (Wildman–Crippen MR) is 186 cm³/mol. The molecular formula is C41H26N4O2Pt. The molecule has 6 nitrogen and oxygen atoms in total. The first-order valence-electron chi connectivity index (χ1n) is 15.7. The van der Waals surface area contributed by atoms with Crippen molar-refractivity contribution in [3.05, 3.63) is 145 Å². The van der Waals surface area contributed by atoms with Gasteiger partial charge in [0, 0.05) is 52.0 Å². The van der Waals surface area contributed by atoms with Gasteiger partial charge in [-0.3, -0.25) is 4.98 Å². The fourth-order valence-electron chi connectivity index (χ4n) is 7.36. The van der Waals surface area contributed by atoms with Crippen LogP contribution in [0.5, 0.6) is 11.5 Å². The number of aromatic nitrogens is 3. The van der Waals surface area contributed by atoms with E-state index in [9.17, 15) is 0 Å². The van der Waals surface area contributed by atoms with Crippen LogP contribution in [-0.2, 0) is 26.5 Å². The van der Waals surface area contributed by atoms with E-state index in [0.29, 0.717) is 11.5 Å². The van der Waals surface area contributed by atoms with E-state index >= 15 is 0 Å². The number of pyridine rings is 2.